The van der Waals surface area contributed by atoms with Gasteiger partial charge in [-0.1, -0.05) is 210 Å². The molecule has 739 valence electrons. The van der Waals surface area contributed by atoms with Crippen LogP contribution in [0, 0.1) is 0 Å². The smallest absolute Gasteiger partial charge is 0.300 e. The molecule has 25 heteroatoms. The van der Waals surface area contributed by atoms with Gasteiger partial charge in [-0.05, 0) is 214 Å². The number of carboxylic acid groups (broad SMARTS) is 3. The number of aromatic amines is 1. The van der Waals surface area contributed by atoms with Crippen molar-refractivity contribution < 1.29 is 119 Å². The van der Waals surface area contributed by atoms with Crippen LogP contribution < -0.4 is 4.98 Å². The van der Waals surface area contributed by atoms with Crippen LogP contribution in [0.2, 0.25) is 0 Å². The molecular formula is C116H123Co3N8O14-. The molecule has 0 fully saturated rings. The van der Waals surface area contributed by atoms with Crippen LogP contribution >= 0.6 is 0 Å². The summed E-state index contributed by atoms with van der Waals surface area (Å²) < 4.78 is 23.7. The van der Waals surface area contributed by atoms with E-state index in [1.807, 2.05) is 133 Å². The second kappa shape index (κ2) is 42.6. The largest absolute Gasteiger partial charge is 0.657 e. The quantitative estimate of drug-likeness (QED) is 0.0590. The van der Waals surface area contributed by atoms with Gasteiger partial charge in [0.1, 0.15) is 23.0 Å². The van der Waals surface area contributed by atoms with Gasteiger partial charge in [-0.15, -0.1) is 11.0 Å². The Bertz CT molecular complexity index is 7430. The van der Waals surface area contributed by atoms with Gasteiger partial charge in [-0.3, -0.25) is 14.4 Å². The van der Waals surface area contributed by atoms with Crippen LogP contribution in [0.4, 0.5) is 0 Å². The van der Waals surface area contributed by atoms with E-state index in [4.69, 9.17) is 83.5 Å². The summed E-state index contributed by atoms with van der Waals surface area (Å²) in [6, 6.07) is 57.5. The molecule has 24 bridgehead atoms. The molecule has 8 N–H and O–H groups in total. The van der Waals surface area contributed by atoms with Crippen LogP contribution in [0.1, 0.15) is 224 Å². The van der Waals surface area contributed by atoms with E-state index in [2.05, 4.69) is 190 Å². The summed E-state index contributed by atoms with van der Waals surface area (Å²) in [6.07, 6.45) is 7.98. The zero-order valence-electron chi connectivity index (χ0n) is 84.4. The predicted molar refractivity (Wildman–Crippen MR) is 561 cm³/mol. The molecule has 18 rings (SSSR count). The molecule has 0 amide bonds. The molecule has 8 aromatic carbocycles. The maximum absolute atomic E-state index is 12.4. The minimum Gasteiger partial charge on any atom is -0.657 e. The Kier molecular flexibility index (Phi) is 32.8. The summed E-state index contributed by atoms with van der Waals surface area (Å²) in [6.45, 7) is 43.9. The van der Waals surface area contributed by atoms with Crippen LogP contribution in [-0.2, 0) is 143 Å². The Morgan fingerprint density at radius 3 is 0.823 bits per heavy atom. The summed E-state index contributed by atoms with van der Waals surface area (Å²) >= 11 is 0. The average Bonchev–Trinajstić information content (AvgIpc) is 1.60. The third-order valence-corrected chi connectivity index (χ3v) is 24.8. The molecule has 2 aliphatic heterocycles. The van der Waals surface area contributed by atoms with Gasteiger partial charge in [-0.25, -0.2) is 29.9 Å². The van der Waals surface area contributed by atoms with Crippen LogP contribution in [0.15, 0.2) is 170 Å². The van der Waals surface area contributed by atoms with Crippen molar-refractivity contribution in [1.29, 1.82) is 0 Å². The zero-order chi connectivity index (χ0) is 100. The molecule has 16 aromatic rings. The summed E-state index contributed by atoms with van der Waals surface area (Å²) in [7, 11) is 6.85. The zero-order valence-corrected chi connectivity index (χ0v) is 87.5. The molecule has 141 heavy (non-hydrogen) atoms. The van der Waals surface area contributed by atoms with E-state index in [9.17, 15) is 20.4 Å². The molecule has 2 aliphatic rings. The van der Waals surface area contributed by atoms with E-state index < -0.39 is 17.9 Å². The van der Waals surface area contributed by atoms with Gasteiger partial charge in [-0.2, -0.15) is 0 Å². The fraction of sp³-hybridized carbons (Fsp3) is 0.302. The van der Waals surface area contributed by atoms with Crippen molar-refractivity contribution in [2.45, 2.75) is 204 Å². The number of aromatic nitrogens is 8. The maximum atomic E-state index is 12.4. The number of aromatic hydroxyl groups is 4. The molecule has 0 atom stereocenters. The van der Waals surface area contributed by atoms with E-state index in [1.165, 1.54) is 5.56 Å². The number of phenols is 4. The number of benzene rings is 8. The summed E-state index contributed by atoms with van der Waals surface area (Å²) in [5.74, 6) is -2.10. The van der Waals surface area contributed by atoms with Crippen LogP contribution in [-0.4, -0.2) is 117 Å². The third kappa shape index (κ3) is 23.2. The number of ether oxygens (including phenoxy) is 4. The van der Waals surface area contributed by atoms with E-state index in [-0.39, 0.29) is 106 Å². The summed E-state index contributed by atoms with van der Waals surface area (Å²) in [5.41, 5.74) is 23.3. The number of H-pyrrole nitrogens is 1. The number of nitrogens with one attached hydrogen (secondary N) is 1. The number of carboxylic acids is 3. The van der Waals surface area contributed by atoms with Gasteiger partial charge >= 0.3 is 0 Å². The van der Waals surface area contributed by atoms with Gasteiger partial charge in [0, 0.05) is 181 Å². The summed E-state index contributed by atoms with van der Waals surface area (Å²) in [4.78, 5) is 68.0. The first-order valence-electron chi connectivity index (χ1n) is 46.0. The fourth-order valence-electron chi connectivity index (χ4n) is 17.5. The van der Waals surface area contributed by atoms with Crippen molar-refractivity contribution in [1.82, 2.24) is 39.9 Å². The second-order valence-electron chi connectivity index (χ2n) is 41.7. The van der Waals surface area contributed by atoms with E-state index in [0.29, 0.717) is 147 Å². The molecule has 22 nitrogen and oxygen atoms in total. The molecule has 8 aromatic heterocycles. The number of carbonyl (C=O) groups is 3. The monoisotopic (exact) mass is 2030 g/mol. The van der Waals surface area contributed by atoms with Crippen molar-refractivity contribution in [2.75, 3.05) is 28.4 Å². The molecule has 3 radical (unpaired) electrons. The van der Waals surface area contributed by atoms with Crippen molar-refractivity contribution in [3.63, 3.8) is 0 Å². The Labute approximate surface area is 852 Å². The van der Waals surface area contributed by atoms with E-state index in [0.717, 1.165) is 126 Å². The Balaban J connectivity index is 0.000000237. The average molecular weight is 2030 g/mol. The van der Waals surface area contributed by atoms with Crippen molar-refractivity contribution in [2.24, 2.45) is 0 Å². The molecule has 10 heterocycles. The number of pyridine rings is 4. The first-order valence-corrected chi connectivity index (χ1v) is 46.0. The molecule has 0 saturated carbocycles. The number of aliphatic carboxylic acids is 3. The van der Waals surface area contributed by atoms with Gasteiger partial charge in [0.2, 0.25) is 0 Å². The van der Waals surface area contributed by atoms with Crippen molar-refractivity contribution in [3.05, 3.63) is 248 Å². The second-order valence-corrected chi connectivity index (χ2v) is 41.7. The number of nitrogens with zero attached hydrogens (tertiary/aromatic N) is 7. The molecular weight excluding hydrogens is 1910 g/mol. The number of rotatable bonds is 10. The van der Waals surface area contributed by atoms with Gasteiger partial charge in [0.25, 0.3) is 17.9 Å². The van der Waals surface area contributed by atoms with Crippen molar-refractivity contribution >= 4 is 173 Å². The minimum absolute atomic E-state index is 0. The first-order chi connectivity index (χ1) is 64.9. The molecule has 0 unspecified atom stereocenters. The van der Waals surface area contributed by atoms with Crippen molar-refractivity contribution in [3.8, 4) is 45.3 Å². The van der Waals surface area contributed by atoms with E-state index >= 15 is 0 Å². The number of hydrogen-bond donors (Lipinski definition) is 8. The molecule has 0 aliphatic carbocycles. The topological polar surface area (TPSA) is 337 Å². The minimum atomic E-state index is -0.833. The van der Waals surface area contributed by atoms with Crippen LogP contribution in [0.5, 0.6) is 23.0 Å². The predicted octanol–water partition coefficient (Wildman–Crippen LogP) is 27.0. The SMILES string of the molecule is CC(=O)O.CC(=O)O.CC(=O)O.COCc1cc(C(C)(C)C)cc(COC)c1-c1c2nc(c3cc(C(C)(C)C)cc(c3O)c3ccc4ccc5ccc(nc5c4n3)c3cc(C(C)(C)C)cc(c3O)c3ccc1[n-]3)C=C2.COCc1cc(C(C)(C)C)cc(COC)c1-c1c2nc(c3cc(C(C)(C)C)cc(c3O)c3ccc4ccc5ccc(nc5c4n3)c3cc(C(C)(C)C)cc(c3O)c3ccc1[nH]3)C=C2.[Co].[Co].[Co]. The first kappa shape index (κ1) is 109. The fourth-order valence-corrected chi connectivity index (χ4v) is 17.5. The van der Waals surface area contributed by atoms with Gasteiger partial charge in [0.05, 0.1) is 93.3 Å². The number of phenolic OH excluding ortho intramolecular Hbond substituents is 4. The Hall–Kier alpha value is -12.8. The van der Waals surface area contributed by atoms with Gasteiger partial charge < -0.3 is 64.7 Å². The van der Waals surface area contributed by atoms with Gasteiger partial charge in [0.15, 0.2) is 0 Å². The maximum Gasteiger partial charge on any atom is 0.300 e. The standard InChI is InChI=1S/C55H56N4O4.C55H55N4O4.3C2H4O2.3Co/c2*1-53(2,3)34-22-32(28-62-10)47(33(23-34)29-63-11)48-45-20-18-41(56-45)37-24-35(54(4,5)6)26-39(51(37)60)43-16-14-30-12-13-31-15-17-44(59-50(31)49(30)58-43)40-27-36(55(7,8)9)25-38(52(40)61)42-19-21-46(48)57-42;3*1-2(3)4;;;/h12-27,56,60-61H,28-29H2,1-11H3;12-27H,28-29H2,1-11H3,(H2-,56,57,58,59,60,61);3*1H3,(H,3,4);;;/q;-1;;;;;;. The van der Waals surface area contributed by atoms with E-state index in [1.54, 1.807) is 28.4 Å². The Morgan fingerprint density at radius 2 is 0.518 bits per heavy atom. The number of fused-ring (bicyclic) bond motifs is 28. The van der Waals surface area contributed by atoms with Crippen LogP contribution in [0.3, 0.4) is 0 Å². The number of hydrogen-bond acceptors (Lipinski definition) is 17. The normalized spacial score (nSPS) is 12.1. The molecule has 0 spiro atoms. The molecule has 0 saturated heterocycles. The number of methoxy groups -OCH3 is 4. The van der Waals surface area contributed by atoms with Crippen LogP contribution in [0.25, 0.3) is 177 Å². The third-order valence-electron chi connectivity index (χ3n) is 24.8. The summed E-state index contributed by atoms with van der Waals surface area (Å²) in [5, 5.41) is 80.5. The Morgan fingerprint density at radius 1 is 0.284 bits per heavy atom.